The van der Waals surface area contributed by atoms with Gasteiger partial charge in [0.15, 0.2) is 0 Å². The molecule has 0 heterocycles. The van der Waals surface area contributed by atoms with Gasteiger partial charge in [-0.05, 0) is 51.4 Å². The number of aliphatic hydroxyl groups excluding tert-OH is 2. The Hall–Kier alpha value is -1.40. The molecule has 0 aliphatic carbocycles. The first-order valence-electron chi connectivity index (χ1n) is 37.4. The quantitative estimate of drug-likeness (QED) is 0.0320. The normalized spacial score (nSPS) is 12.5. The Morgan fingerprint density at radius 2 is 0.580 bits per heavy atom. The number of rotatable bonds is 71. The van der Waals surface area contributed by atoms with Gasteiger partial charge in [-0.2, -0.15) is 0 Å². The van der Waals surface area contributed by atoms with Crippen molar-refractivity contribution >= 4 is 11.9 Å². The number of allylic oxidation sites excluding steroid dienone is 2. The Labute approximate surface area is 508 Å². The van der Waals surface area contributed by atoms with Gasteiger partial charge in [0.05, 0.1) is 25.4 Å². The van der Waals surface area contributed by atoms with E-state index in [0.29, 0.717) is 25.9 Å². The average molecular weight is 1140 g/mol. The summed E-state index contributed by atoms with van der Waals surface area (Å²) >= 11 is 0. The molecule has 6 nitrogen and oxygen atoms in total. The van der Waals surface area contributed by atoms with E-state index < -0.39 is 12.1 Å². The van der Waals surface area contributed by atoms with E-state index in [0.717, 1.165) is 44.9 Å². The Kier molecular flexibility index (Phi) is 69.9. The first-order chi connectivity index (χ1) is 40.0. The fraction of sp³-hybridized carbons (Fsp3) is 0.947. The van der Waals surface area contributed by atoms with Gasteiger partial charge in [-0.3, -0.25) is 9.59 Å². The number of esters is 1. The van der Waals surface area contributed by atoms with Crippen LogP contribution in [0.2, 0.25) is 0 Å². The predicted octanol–water partition coefficient (Wildman–Crippen LogP) is 24.3. The molecule has 1 amide bonds. The Balaban J connectivity index is 3.34. The van der Waals surface area contributed by atoms with E-state index in [-0.39, 0.29) is 18.5 Å². The van der Waals surface area contributed by atoms with Crippen molar-refractivity contribution in [2.75, 3.05) is 13.2 Å². The van der Waals surface area contributed by atoms with Crippen molar-refractivity contribution in [1.82, 2.24) is 5.32 Å². The number of carbonyl (C=O) groups excluding carboxylic acids is 2. The lowest BCUT2D eigenvalue weighted by molar-refractivity contribution is -0.143. The number of nitrogens with one attached hydrogen (secondary N) is 1. The van der Waals surface area contributed by atoms with Crippen molar-refractivity contribution in [3.63, 3.8) is 0 Å². The molecule has 2 atom stereocenters. The fourth-order valence-corrected chi connectivity index (χ4v) is 12.1. The van der Waals surface area contributed by atoms with E-state index in [1.165, 1.54) is 353 Å². The highest BCUT2D eigenvalue weighted by molar-refractivity contribution is 5.76. The lowest BCUT2D eigenvalue weighted by atomic mass is 10.0. The van der Waals surface area contributed by atoms with Crippen molar-refractivity contribution in [2.45, 2.75) is 443 Å². The molecule has 0 bridgehead atoms. The second-order valence-electron chi connectivity index (χ2n) is 26.0. The summed E-state index contributed by atoms with van der Waals surface area (Å²) in [7, 11) is 0. The van der Waals surface area contributed by atoms with Crippen LogP contribution in [0.1, 0.15) is 431 Å². The molecule has 3 N–H and O–H groups in total. The zero-order chi connectivity index (χ0) is 58.5. The highest BCUT2D eigenvalue weighted by atomic mass is 16.5. The largest absolute Gasteiger partial charge is 0.466 e. The van der Waals surface area contributed by atoms with E-state index >= 15 is 0 Å². The van der Waals surface area contributed by atoms with Crippen molar-refractivity contribution in [3.05, 3.63) is 12.2 Å². The van der Waals surface area contributed by atoms with Gasteiger partial charge in [0.25, 0.3) is 0 Å². The maximum absolute atomic E-state index is 12.6. The summed E-state index contributed by atoms with van der Waals surface area (Å²) in [5.74, 6) is -0.0145. The third-order valence-corrected chi connectivity index (χ3v) is 17.8. The molecule has 6 heteroatoms. The zero-order valence-electron chi connectivity index (χ0n) is 55.3. The summed E-state index contributed by atoms with van der Waals surface area (Å²) in [6.07, 6.45) is 88.5. The summed E-state index contributed by atoms with van der Waals surface area (Å²) in [5, 5.41) is 23.4. The standard InChI is InChI=1S/C75H147NO5/c1-3-5-7-9-11-13-15-17-19-20-21-30-33-36-40-43-47-51-55-59-63-67-73(78)72(71-77)76-74(79)68-64-60-56-52-48-44-41-37-34-31-28-26-24-22-23-25-27-29-32-35-38-42-46-50-54-58-62-66-70-81-75(80)69-65-61-57-53-49-45-39-18-16-14-12-10-8-6-4-2/h18,39,72-73,77-78H,3-17,19-38,40-71H2,1-2H3,(H,76,79)/b39-18-. The SMILES string of the molecule is CCCCCCCC/C=C\CCCCCCCC(=O)OCCCCCCCCCCCCCCCCCCCCCCCCCCCCCCC(=O)NC(CO)C(O)CCCCCCCCCCCCCCCCCCCCCCC. The molecule has 0 aliphatic rings. The Bertz CT molecular complexity index is 1220. The monoisotopic (exact) mass is 1140 g/mol. The number of unbranched alkanes of at least 4 members (excludes halogenated alkanes) is 58. The minimum atomic E-state index is -0.663. The van der Waals surface area contributed by atoms with E-state index in [4.69, 9.17) is 4.74 Å². The molecule has 0 radical (unpaired) electrons. The van der Waals surface area contributed by atoms with Gasteiger partial charge in [-0.15, -0.1) is 0 Å². The lowest BCUT2D eigenvalue weighted by Gasteiger charge is -2.22. The van der Waals surface area contributed by atoms with Crippen LogP contribution in [-0.2, 0) is 14.3 Å². The highest BCUT2D eigenvalue weighted by Crippen LogP contribution is 2.20. The van der Waals surface area contributed by atoms with Crippen molar-refractivity contribution in [3.8, 4) is 0 Å². The van der Waals surface area contributed by atoms with Gasteiger partial charge in [-0.25, -0.2) is 0 Å². The topological polar surface area (TPSA) is 95.9 Å². The average Bonchev–Trinajstić information content (AvgIpc) is 3.47. The minimum Gasteiger partial charge on any atom is -0.466 e. The van der Waals surface area contributed by atoms with Crippen LogP contribution in [0.4, 0.5) is 0 Å². The van der Waals surface area contributed by atoms with Gasteiger partial charge in [0.1, 0.15) is 0 Å². The Morgan fingerprint density at radius 1 is 0.333 bits per heavy atom. The zero-order valence-corrected chi connectivity index (χ0v) is 55.3. The lowest BCUT2D eigenvalue weighted by Crippen LogP contribution is -2.45. The smallest absolute Gasteiger partial charge is 0.305 e. The Morgan fingerprint density at radius 3 is 0.877 bits per heavy atom. The van der Waals surface area contributed by atoms with E-state index in [9.17, 15) is 19.8 Å². The van der Waals surface area contributed by atoms with E-state index in [1.807, 2.05) is 0 Å². The van der Waals surface area contributed by atoms with Crippen LogP contribution in [0.15, 0.2) is 12.2 Å². The third-order valence-electron chi connectivity index (χ3n) is 17.8. The first-order valence-corrected chi connectivity index (χ1v) is 37.4. The van der Waals surface area contributed by atoms with Gasteiger partial charge in [0, 0.05) is 12.8 Å². The van der Waals surface area contributed by atoms with Gasteiger partial charge >= 0.3 is 5.97 Å². The summed E-state index contributed by atoms with van der Waals surface area (Å²) in [5.41, 5.74) is 0. The molecule has 0 spiro atoms. The molecular formula is C75H147NO5. The molecule has 0 saturated carbocycles. The molecule has 482 valence electrons. The van der Waals surface area contributed by atoms with Crippen LogP contribution in [0.25, 0.3) is 0 Å². The van der Waals surface area contributed by atoms with E-state index in [2.05, 4.69) is 31.3 Å². The number of aliphatic hydroxyl groups is 2. The molecule has 0 saturated heterocycles. The van der Waals surface area contributed by atoms with Crippen LogP contribution in [0.5, 0.6) is 0 Å². The molecule has 0 rings (SSSR count). The predicted molar refractivity (Wildman–Crippen MR) is 357 cm³/mol. The number of ether oxygens (including phenoxy) is 1. The van der Waals surface area contributed by atoms with Gasteiger partial charge in [0.2, 0.25) is 5.91 Å². The van der Waals surface area contributed by atoms with Gasteiger partial charge in [-0.1, -0.05) is 379 Å². The molecule has 0 fully saturated rings. The number of carbonyl (C=O) groups is 2. The summed E-state index contributed by atoms with van der Waals surface area (Å²) < 4.78 is 5.50. The number of hydrogen-bond donors (Lipinski definition) is 3. The molecule has 0 aromatic rings. The highest BCUT2D eigenvalue weighted by Gasteiger charge is 2.20. The number of amides is 1. The molecule has 0 aliphatic heterocycles. The summed E-state index contributed by atoms with van der Waals surface area (Å²) in [6, 6.07) is -0.539. The maximum Gasteiger partial charge on any atom is 0.305 e. The van der Waals surface area contributed by atoms with Crippen molar-refractivity contribution in [1.29, 1.82) is 0 Å². The van der Waals surface area contributed by atoms with Crippen LogP contribution >= 0.6 is 0 Å². The second kappa shape index (κ2) is 71.1. The molecule has 0 aromatic carbocycles. The summed E-state index contributed by atoms with van der Waals surface area (Å²) in [4.78, 5) is 24.6. The third kappa shape index (κ3) is 67.6. The van der Waals surface area contributed by atoms with Crippen LogP contribution in [0, 0.1) is 0 Å². The number of hydrogen-bond acceptors (Lipinski definition) is 5. The molecule has 81 heavy (non-hydrogen) atoms. The molecule has 0 aromatic heterocycles. The summed E-state index contributed by atoms with van der Waals surface area (Å²) in [6.45, 7) is 5.00. The fourth-order valence-electron chi connectivity index (χ4n) is 12.1. The van der Waals surface area contributed by atoms with Crippen LogP contribution in [0.3, 0.4) is 0 Å². The van der Waals surface area contributed by atoms with Crippen molar-refractivity contribution in [2.24, 2.45) is 0 Å². The first kappa shape index (κ1) is 79.6. The van der Waals surface area contributed by atoms with Crippen molar-refractivity contribution < 1.29 is 24.5 Å². The second-order valence-corrected chi connectivity index (χ2v) is 26.0. The van der Waals surface area contributed by atoms with Crippen LogP contribution in [-0.4, -0.2) is 47.4 Å². The molecule has 2 unspecified atom stereocenters. The van der Waals surface area contributed by atoms with Gasteiger partial charge < -0.3 is 20.3 Å². The van der Waals surface area contributed by atoms with E-state index in [1.54, 1.807) is 0 Å². The van der Waals surface area contributed by atoms with Crippen LogP contribution < -0.4 is 5.32 Å². The molecular weight excluding hydrogens is 995 g/mol. The maximum atomic E-state index is 12.6. The minimum absolute atomic E-state index is 0.0121.